The van der Waals surface area contributed by atoms with Gasteiger partial charge in [-0.05, 0) is 27.7 Å². The third-order valence-electron chi connectivity index (χ3n) is 2.41. The quantitative estimate of drug-likeness (QED) is 0.730. The number of aryl methyl sites for hydroxylation is 1. The number of thiazole rings is 1. The maximum absolute atomic E-state index is 11.7. The smallest absolute Gasteiger partial charge is 0.358 e. The lowest BCUT2D eigenvalue weighted by molar-refractivity contribution is 0.0519. The van der Waals surface area contributed by atoms with E-state index in [1.807, 2.05) is 0 Å². The number of nitrogens with zero attached hydrogens (tertiary/aromatic N) is 1. The molecule has 7 nitrogen and oxygen atoms in total. The monoisotopic (exact) mass is 335 g/mol. The first-order valence-electron chi connectivity index (χ1n) is 6.41. The summed E-state index contributed by atoms with van der Waals surface area (Å²) in [7, 11) is -3.29. The second-order valence-corrected chi connectivity index (χ2v) is 8.21. The van der Waals surface area contributed by atoms with E-state index in [0.29, 0.717) is 24.0 Å². The number of sulfonamides is 1. The number of hydrogen-bond acceptors (Lipinski definition) is 7. The highest BCUT2D eigenvalue weighted by molar-refractivity contribution is 7.88. The summed E-state index contributed by atoms with van der Waals surface area (Å²) < 4.78 is 30.0. The summed E-state index contributed by atoms with van der Waals surface area (Å²) in [5.41, 5.74) is -0.379. The van der Waals surface area contributed by atoms with Crippen LogP contribution in [0.3, 0.4) is 0 Å². The fourth-order valence-electron chi connectivity index (χ4n) is 1.70. The van der Waals surface area contributed by atoms with Crippen LogP contribution in [0.5, 0.6) is 0 Å². The fraction of sp³-hybridized carbons (Fsp3) is 0.667. The second-order valence-electron chi connectivity index (χ2n) is 5.26. The topological polar surface area (TPSA) is 97.4 Å². The Balaban J connectivity index is 2.73. The highest BCUT2D eigenvalue weighted by atomic mass is 32.2. The second kappa shape index (κ2) is 6.71. The molecule has 0 aliphatic heterocycles. The number of hydrogen-bond donors (Lipinski definition) is 2. The van der Waals surface area contributed by atoms with Gasteiger partial charge in [-0.2, -0.15) is 0 Å². The first kappa shape index (κ1) is 17.9. The normalized spacial score (nSPS) is 12.2. The summed E-state index contributed by atoms with van der Waals surface area (Å²) in [5.74, 6) is -0.451. The lowest BCUT2D eigenvalue weighted by atomic mass is 10.1. The average molecular weight is 335 g/mol. The highest BCUT2D eigenvalue weighted by Gasteiger charge is 2.23. The van der Waals surface area contributed by atoms with Crippen molar-refractivity contribution in [1.82, 2.24) is 9.71 Å². The molecule has 1 aromatic heterocycles. The molecule has 120 valence electrons. The van der Waals surface area contributed by atoms with Gasteiger partial charge in [-0.25, -0.2) is 22.9 Å². The van der Waals surface area contributed by atoms with Gasteiger partial charge < -0.3 is 10.1 Å². The van der Waals surface area contributed by atoms with Crippen LogP contribution < -0.4 is 10.0 Å². The number of ether oxygens (including phenoxy) is 1. The zero-order valence-electron chi connectivity index (χ0n) is 12.8. The van der Waals surface area contributed by atoms with E-state index >= 15 is 0 Å². The molecule has 0 amide bonds. The summed E-state index contributed by atoms with van der Waals surface area (Å²) in [6.45, 7) is 7.67. The van der Waals surface area contributed by atoms with E-state index in [2.05, 4.69) is 15.0 Å². The SMILES string of the molecule is CCOC(=O)c1nc(NCC(C)(C)NS(C)(=O)=O)sc1C. The minimum absolute atomic E-state index is 0.290. The molecule has 0 spiro atoms. The molecule has 0 saturated carbocycles. The molecule has 0 aromatic carbocycles. The molecule has 1 rings (SSSR count). The van der Waals surface area contributed by atoms with Crippen LogP contribution in [0.1, 0.15) is 36.1 Å². The fourth-order valence-corrected chi connectivity index (χ4v) is 3.57. The number of nitrogens with one attached hydrogen (secondary N) is 2. The van der Waals surface area contributed by atoms with Crippen molar-refractivity contribution in [2.45, 2.75) is 33.2 Å². The molecule has 2 N–H and O–H groups in total. The van der Waals surface area contributed by atoms with E-state index in [4.69, 9.17) is 4.74 Å². The van der Waals surface area contributed by atoms with E-state index in [1.165, 1.54) is 11.3 Å². The zero-order valence-corrected chi connectivity index (χ0v) is 14.4. The van der Waals surface area contributed by atoms with Crippen LogP contribution in [-0.2, 0) is 14.8 Å². The molecular formula is C12H21N3O4S2. The standard InChI is InChI=1S/C12H21N3O4S2/c1-6-19-10(16)9-8(2)20-11(14-9)13-7-12(3,4)15-21(5,17)18/h15H,6-7H2,1-5H3,(H,13,14). The molecule has 0 radical (unpaired) electrons. The van der Waals surface area contributed by atoms with Crippen LogP contribution in [-0.4, -0.2) is 44.3 Å². The van der Waals surface area contributed by atoms with E-state index in [-0.39, 0.29) is 0 Å². The van der Waals surface area contributed by atoms with Gasteiger partial charge in [0.2, 0.25) is 10.0 Å². The van der Waals surface area contributed by atoms with Gasteiger partial charge >= 0.3 is 5.97 Å². The Morgan fingerprint density at radius 3 is 2.57 bits per heavy atom. The Bertz CT molecular complexity index is 608. The van der Waals surface area contributed by atoms with Gasteiger partial charge in [0.05, 0.1) is 12.9 Å². The molecule has 0 atom stereocenters. The lowest BCUT2D eigenvalue weighted by Gasteiger charge is -2.25. The number of rotatable bonds is 7. The van der Waals surface area contributed by atoms with E-state index in [9.17, 15) is 13.2 Å². The summed E-state index contributed by atoms with van der Waals surface area (Å²) in [4.78, 5) is 16.6. The minimum Gasteiger partial charge on any atom is -0.461 e. The number of carbonyl (C=O) groups is 1. The summed E-state index contributed by atoms with van der Waals surface area (Å²) in [6.07, 6.45) is 1.11. The number of esters is 1. The van der Waals surface area contributed by atoms with Crippen molar-refractivity contribution in [3.63, 3.8) is 0 Å². The van der Waals surface area contributed by atoms with Gasteiger partial charge in [-0.15, -0.1) is 11.3 Å². The molecule has 1 heterocycles. The van der Waals surface area contributed by atoms with Crippen molar-refractivity contribution in [1.29, 1.82) is 0 Å². The predicted octanol–water partition coefficient (Wildman–Crippen LogP) is 1.37. The molecule has 0 aliphatic carbocycles. The van der Waals surface area contributed by atoms with Gasteiger partial charge in [0, 0.05) is 17.0 Å². The first-order chi connectivity index (χ1) is 9.54. The maximum Gasteiger partial charge on any atom is 0.358 e. The lowest BCUT2D eigenvalue weighted by Crippen LogP contribution is -2.47. The van der Waals surface area contributed by atoms with Crippen LogP contribution in [0.15, 0.2) is 0 Å². The van der Waals surface area contributed by atoms with Gasteiger partial charge in [0.25, 0.3) is 0 Å². The van der Waals surface area contributed by atoms with Gasteiger partial charge in [-0.1, -0.05) is 0 Å². The van der Waals surface area contributed by atoms with Crippen LogP contribution in [0.4, 0.5) is 5.13 Å². The first-order valence-corrected chi connectivity index (χ1v) is 9.12. The Morgan fingerprint density at radius 2 is 2.05 bits per heavy atom. The molecule has 1 aromatic rings. The van der Waals surface area contributed by atoms with Crippen LogP contribution in [0.2, 0.25) is 0 Å². The van der Waals surface area contributed by atoms with E-state index < -0.39 is 21.5 Å². The highest BCUT2D eigenvalue weighted by Crippen LogP contribution is 2.23. The van der Waals surface area contributed by atoms with Gasteiger partial charge in [0.1, 0.15) is 0 Å². The van der Waals surface area contributed by atoms with Crippen molar-refractivity contribution < 1.29 is 17.9 Å². The predicted molar refractivity (Wildman–Crippen MR) is 83.4 cm³/mol. The van der Waals surface area contributed by atoms with Crippen molar-refractivity contribution in [2.24, 2.45) is 0 Å². The molecule has 0 unspecified atom stereocenters. The van der Waals surface area contributed by atoms with Crippen LogP contribution >= 0.6 is 11.3 Å². The molecule has 21 heavy (non-hydrogen) atoms. The van der Waals surface area contributed by atoms with Crippen molar-refractivity contribution in [2.75, 3.05) is 24.7 Å². The van der Waals surface area contributed by atoms with Crippen molar-refractivity contribution >= 4 is 32.5 Å². The number of carbonyl (C=O) groups excluding carboxylic acids is 1. The Hall–Kier alpha value is -1.19. The summed E-state index contributed by atoms with van der Waals surface area (Å²) in [6, 6.07) is 0. The van der Waals surface area contributed by atoms with Gasteiger partial charge in [0.15, 0.2) is 10.8 Å². The van der Waals surface area contributed by atoms with Gasteiger partial charge in [-0.3, -0.25) is 0 Å². The van der Waals surface area contributed by atoms with E-state index in [1.54, 1.807) is 27.7 Å². The Labute approximate surface area is 129 Å². The van der Waals surface area contributed by atoms with Crippen LogP contribution in [0, 0.1) is 6.92 Å². The molecule has 0 bridgehead atoms. The van der Waals surface area contributed by atoms with Crippen molar-refractivity contribution in [3.05, 3.63) is 10.6 Å². The molecule has 0 fully saturated rings. The number of aromatic nitrogens is 1. The third-order valence-corrected chi connectivity index (χ3v) is 4.26. The maximum atomic E-state index is 11.7. The Kier molecular flexibility index (Phi) is 5.71. The number of anilines is 1. The van der Waals surface area contributed by atoms with E-state index in [0.717, 1.165) is 11.1 Å². The molecular weight excluding hydrogens is 314 g/mol. The summed E-state index contributed by atoms with van der Waals surface area (Å²) in [5, 5.41) is 3.59. The summed E-state index contributed by atoms with van der Waals surface area (Å²) >= 11 is 1.33. The third kappa shape index (κ3) is 5.98. The molecule has 9 heteroatoms. The largest absolute Gasteiger partial charge is 0.461 e. The molecule has 0 aliphatic rings. The van der Waals surface area contributed by atoms with Crippen LogP contribution in [0.25, 0.3) is 0 Å². The average Bonchev–Trinajstić information content (AvgIpc) is 2.65. The van der Waals surface area contributed by atoms with Crippen molar-refractivity contribution in [3.8, 4) is 0 Å². The minimum atomic E-state index is -3.29. The Morgan fingerprint density at radius 1 is 1.43 bits per heavy atom. The molecule has 0 saturated heterocycles. The zero-order chi connectivity index (χ0) is 16.3.